The molecular formula is C9H17O6P. The fourth-order valence-electron chi connectivity index (χ4n) is 1.00. The Morgan fingerprint density at radius 1 is 1.19 bits per heavy atom. The van der Waals surface area contributed by atoms with E-state index in [0.29, 0.717) is 0 Å². The van der Waals surface area contributed by atoms with Crippen molar-refractivity contribution < 1.29 is 28.2 Å². The molecule has 0 N–H and O–H groups in total. The molecule has 1 atom stereocenters. The maximum absolute atomic E-state index is 11.4. The zero-order valence-corrected chi connectivity index (χ0v) is 10.8. The highest BCUT2D eigenvalue weighted by Gasteiger charge is 2.26. The van der Waals surface area contributed by atoms with Gasteiger partial charge in [-0.25, -0.2) is 4.79 Å². The van der Waals surface area contributed by atoms with Crippen LogP contribution in [0.4, 0.5) is 0 Å². The first-order chi connectivity index (χ1) is 7.30. The molecule has 6 nitrogen and oxygen atoms in total. The summed E-state index contributed by atoms with van der Waals surface area (Å²) >= 11 is 0. The van der Waals surface area contributed by atoms with Crippen LogP contribution in [0.15, 0.2) is 0 Å². The van der Waals surface area contributed by atoms with Gasteiger partial charge < -0.3 is 14.0 Å². The second kappa shape index (κ2) is 6.66. The van der Waals surface area contributed by atoms with E-state index in [4.69, 9.17) is 4.52 Å². The van der Waals surface area contributed by atoms with Gasteiger partial charge in [-0.05, 0) is 6.42 Å². The predicted octanol–water partition coefficient (Wildman–Crippen LogP) is 1.04. The van der Waals surface area contributed by atoms with Crippen LogP contribution < -0.4 is 0 Å². The van der Waals surface area contributed by atoms with Crippen molar-refractivity contribution in [3.63, 3.8) is 0 Å². The van der Waals surface area contributed by atoms with Crippen LogP contribution in [0.5, 0.6) is 0 Å². The second-order valence-electron chi connectivity index (χ2n) is 3.48. The van der Waals surface area contributed by atoms with Gasteiger partial charge in [0.1, 0.15) is 0 Å². The van der Waals surface area contributed by atoms with Gasteiger partial charge in [0.15, 0.2) is 13.5 Å². The van der Waals surface area contributed by atoms with Gasteiger partial charge in [-0.15, -0.1) is 0 Å². The van der Waals surface area contributed by atoms with E-state index in [1.165, 1.54) is 27.5 Å². The highest BCUT2D eigenvalue weighted by molar-refractivity contribution is 7.57. The fraction of sp³-hybridized carbons (Fsp3) is 0.778. The molecule has 0 saturated carbocycles. The number of methoxy groups -OCH3 is 2. The van der Waals surface area contributed by atoms with Crippen LogP contribution in [0, 0.1) is 0 Å². The summed E-state index contributed by atoms with van der Waals surface area (Å²) in [6.07, 6.45) is -0.897. The highest BCUT2D eigenvalue weighted by Crippen LogP contribution is 2.39. The van der Waals surface area contributed by atoms with Crippen LogP contribution in [0.25, 0.3) is 0 Å². The van der Waals surface area contributed by atoms with E-state index in [0.717, 1.165) is 0 Å². The van der Waals surface area contributed by atoms with Gasteiger partial charge in [-0.3, -0.25) is 9.36 Å². The molecule has 0 aromatic heterocycles. The Balaban J connectivity index is 4.39. The maximum atomic E-state index is 11.4. The van der Waals surface area contributed by atoms with Crippen LogP contribution in [0.3, 0.4) is 0 Å². The molecule has 0 bridgehead atoms. The van der Waals surface area contributed by atoms with Crippen molar-refractivity contribution in [2.75, 3.05) is 27.5 Å². The molecule has 0 aromatic carbocycles. The van der Waals surface area contributed by atoms with Crippen molar-refractivity contribution in [2.45, 2.75) is 18.9 Å². The second-order valence-corrected chi connectivity index (χ2v) is 6.20. The number of hydrogen-bond donors (Lipinski definition) is 0. The number of esters is 2. The van der Waals surface area contributed by atoms with Crippen LogP contribution in [0.1, 0.15) is 12.8 Å². The van der Waals surface area contributed by atoms with Gasteiger partial charge in [0.05, 0.1) is 14.2 Å². The molecule has 0 aromatic rings. The molecule has 0 spiro atoms. The number of carbonyl (C=O) groups excluding carboxylic acids is 2. The lowest BCUT2D eigenvalue weighted by Crippen LogP contribution is -2.25. The van der Waals surface area contributed by atoms with Crippen LogP contribution >= 0.6 is 7.37 Å². The molecule has 0 aliphatic rings. The molecule has 1 unspecified atom stereocenters. The molecule has 0 saturated heterocycles. The summed E-state index contributed by atoms with van der Waals surface area (Å²) in [5.41, 5.74) is 0. The van der Waals surface area contributed by atoms with Gasteiger partial charge in [0, 0.05) is 19.8 Å². The summed E-state index contributed by atoms with van der Waals surface area (Å²) in [6, 6.07) is 0. The topological polar surface area (TPSA) is 78.9 Å². The molecule has 16 heavy (non-hydrogen) atoms. The minimum Gasteiger partial charge on any atom is -0.469 e. The lowest BCUT2D eigenvalue weighted by molar-refractivity contribution is -0.150. The van der Waals surface area contributed by atoms with Crippen LogP contribution in [0.2, 0.25) is 0 Å². The van der Waals surface area contributed by atoms with E-state index in [1.54, 1.807) is 0 Å². The lowest BCUT2D eigenvalue weighted by atomic mass is 10.2. The maximum Gasteiger partial charge on any atom is 0.335 e. The van der Waals surface area contributed by atoms with E-state index < -0.39 is 25.4 Å². The molecule has 0 heterocycles. The molecule has 0 aliphatic carbocycles. The summed E-state index contributed by atoms with van der Waals surface area (Å²) in [5, 5.41) is 0. The van der Waals surface area contributed by atoms with Crippen LogP contribution in [-0.2, 0) is 28.2 Å². The molecule has 0 fully saturated rings. The fourth-order valence-corrected chi connectivity index (χ4v) is 1.81. The van der Waals surface area contributed by atoms with E-state index in [1.807, 2.05) is 0 Å². The normalized spacial score (nSPS) is 13.0. The van der Waals surface area contributed by atoms with E-state index in [2.05, 4.69) is 9.47 Å². The monoisotopic (exact) mass is 252 g/mol. The first-order valence-corrected chi connectivity index (χ1v) is 7.20. The quantitative estimate of drug-likeness (QED) is 0.519. The Morgan fingerprint density at radius 2 is 1.75 bits per heavy atom. The van der Waals surface area contributed by atoms with Gasteiger partial charge in [-0.1, -0.05) is 0 Å². The summed E-state index contributed by atoms with van der Waals surface area (Å²) < 4.78 is 25.4. The summed E-state index contributed by atoms with van der Waals surface area (Å²) in [5.74, 6) is -1.10. The van der Waals surface area contributed by atoms with Gasteiger partial charge in [0.2, 0.25) is 0 Å². The summed E-state index contributed by atoms with van der Waals surface area (Å²) in [6.45, 7) is 2.78. The van der Waals surface area contributed by atoms with Crippen LogP contribution in [-0.4, -0.2) is 45.6 Å². The highest BCUT2D eigenvalue weighted by atomic mass is 31.2. The van der Waals surface area contributed by atoms with E-state index in [-0.39, 0.29) is 12.8 Å². The van der Waals surface area contributed by atoms with Crippen molar-refractivity contribution in [3.8, 4) is 0 Å². The Bertz CT molecular complexity index is 294. The molecule has 0 amide bonds. The van der Waals surface area contributed by atoms with Crippen molar-refractivity contribution in [1.82, 2.24) is 0 Å². The Morgan fingerprint density at radius 3 is 2.12 bits per heavy atom. The number of ether oxygens (including phenoxy) is 2. The van der Waals surface area contributed by atoms with Gasteiger partial charge in [-0.2, -0.15) is 0 Å². The zero-order chi connectivity index (χ0) is 12.8. The Labute approximate surface area is 94.7 Å². The zero-order valence-electron chi connectivity index (χ0n) is 9.89. The minimum atomic E-state index is -2.81. The molecule has 0 aliphatic heterocycles. The van der Waals surface area contributed by atoms with Crippen molar-refractivity contribution in [1.29, 1.82) is 0 Å². The number of carbonyl (C=O) groups is 2. The van der Waals surface area contributed by atoms with Gasteiger partial charge >= 0.3 is 11.9 Å². The minimum absolute atomic E-state index is 0.0102. The average molecular weight is 252 g/mol. The van der Waals surface area contributed by atoms with Crippen molar-refractivity contribution >= 4 is 19.3 Å². The number of rotatable bonds is 6. The smallest absolute Gasteiger partial charge is 0.335 e. The average Bonchev–Trinajstić information content (AvgIpc) is 2.20. The standard InChI is InChI=1S/C9H17O6P/c1-13-8(10)6-5-7(9(11)14-2)15-16(3,4)12/h7H,5-6H2,1-4H3. The third-order valence-electron chi connectivity index (χ3n) is 1.68. The third-order valence-corrected chi connectivity index (χ3v) is 2.45. The van der Waals surface area contributed by atoms with E-state index in [9.17, 15) is 14.2 Å². The van der Waals surface area contributed by atoms with Crippen molar-refractivity contribution in [2.24, 2.45) is 0 Å². The first kappa shape index (κ1) is 15.1. The SMILES string of the molecule is COC(=O)CCC(OP(C)(C)=O)C(=O)OC. The molecular weight excluding hydrogens is 235 g/mol. The molecule has 94 valence electrons. The summed E-state index contributed by atoms with van der Waals surface area (Å²) in [4.78, 5) is 22.2. The summed E-state index contributed by atoms with van der Waals surface area (Å²) in [7, 11) is -0.358. The third kappa shape index (κ3) is 6.58. The lowest BCUT2D eigenvalue weighted by Gasteiger charge is -2.17. The largest absolute Gasteiger partial charge is 0.469 e. The Kier molecular flexibility index (Phi) is 6.29. The molecule has 0 radical (unpaired) electrons. The molecule has 7 heteroatoms. The predicted molar refractivity (Wildman–Crippen MR) is 57.6 cm³/mol. The van der Waals surface area contributed by atoms with Crippen molar-refractivity contribution in [3.05, 3.63) is 0 Å². The van der Waals surface area contributed by atoms with Gasteiger partial charge in [0.25, 0.3) is 0 Å². The molecule has 0 rings (SSSR count). The number of hydrogen-bond acceptors (Lipinski definition) is 6. The first-order valence-electron chi connectivity index (χ1n) is 4.68. The Hall–Kier alpha value is -0.870. The van der Waals surface area contributed by atoms with E-state index >= 15 is 0 Å².